The van der Waals surface area contributed by atoms with Gasteiger partial charge in [0, 0.05) is 12.5 Å². The molecule has 1 heterocycles. The van der Waals surface area contributed by atoms with Gasteiger partial charge in [0.05, 0.1) is 12.2 Å². The Morgan fingerprint density at radius 1 is 1.28 bits per heavy atom. The van der Waals surface area contributed by atoms with Crippen molar-refractivity contribution in [1.82, 2.24) is 10.3 Å². The highest BCUT2D eigenvalue weighted by Crippen LogP contribution is 2.10. The lowest BCUT2D eigenvalue weighted by Crippen LogP contribution is -2.23. The minimum Gasteiger partial charge on any atom is -0.444 e. The van der Waals surface area contributed by atoms with Crippen LogP contribution in [0.3, 0.4) is 0 Å². The van der Waals surface area contributed by atoms with Crippen LogP contribution in [0.1, 0.15) is 33.3 Å². The van der Waals surface area contributed by atoms with Crippen LogP contribution in [0, 0.1) is 20.8 Å². The summed E-state index contributed by atoms with van der Waals surface area (Å²) < 4.78 is 5.40. The molecule has 2 aromatic rings. The lowest BCUT2D eigenvalue weighted by Gasteiger charge is -2.06. The normalized spacial score (nSPS) is 10.4. The molecule has 1 amide bonds. The Kier molecular flexibility index (Phi) is 3.46. The van der Waals surface area contributed by atoms with Gasteiger partial charge in [-0.3, -0.25) is 4.79 Å². The summed E-state index contributed by atoms with van der Waals surface area (Å²) in [6.45, 7) is 5.93. The first-order chi connectivity index (χ1) is 8.58. The van der Waals surface area contributed by atoms with Gasteiger partial charge in [0.1, 0.15) is 5.76 Å². The van der Waals surface area contributed by atoms with E-state index in [9.17, 15) is 4.79 Å². The fraction of sp³-hybridized carbons (Fsp3) is 0.286. The van der Waals surface area contributed by atoms with Crippen molar-refractivity contribution in [2.75, 3.05) is 0 Å². The van der Waals surface area contributed by atoms with Crippen molar-refractivity contribution in [3.05, 3.63) is 52.7 Å². The van der Waals surface area contributed by atoms with Crippen LogP contribution in [0.2, 0.25) is 0 Å². The molecule has 0 fully saturated rings. The molecule has 1 aromatic carbocycles. The molecule has 0 aliphatic heterocycles. The number of amides is 1. The van der Waals surface area contributed by atoms with Crippen LogP contribution in [0.15, 0.2) is 28.7 Å². The monoisotopic (exact) mass is 244 g/mol. The van der Waals surface area contributed by atoms with E-state index in [0.717, 1.165) is 11.3 Å². The molecule has 1 N–H and O–H groups in total. The molecule has 0 saturated heterocycles. The quantitative estimate of drug-likeness (QED) is 0.902. The summed E-state index contributed by atoms with van der Waals surface area (Å²) in [4.78, 5) is 16.1. The smallest absolute Gasteiger partial charge is 0.251 e. The van der Waals surface area contributed by atoms with E-state index in [1.165, 1.54) is 0 Å². The Balaban J connectivity index is 2.05. The number of aryl methyl sites for hydroxylation is 3. The second kappa shape index (κ2) is 5.04. The van der Waals surface area contributed by atoms with E-state index in [-0.39, 0.29) is 5.91 Å². The molecule has 94 valence electrons. The Bertz CT molecular complexity index is 573. The van der Waals surface area contributed by atoms with Crippen LogP contribution in [0.5, 0.6) is 0 Å². The summed E-state index contributed by atoms with van der Waals surface area (Å²) in [7, 11) is 0. The van der Waals surface area contributed by atoms with E-state index in [2.05, 4.69) is 10.3 Å². The highest BCUT2D eigenvalue weighted by atomic mass is 16.4. The zero-order valence-corrected chi connectivity index (χ0v) is 10.8. The summed E-state index contributed by atoms with van der Waals surface area (Å²) in [5, 5.41) is 2.84. The van der Waals surface area contributed by atoms with Gasteiger partial charge in [0.25, 0.3) is 5.91 Å². The molecule has 0 spiro atoms. The summed E-state index contributed by atoms with van der Waals surface area (Å²) in [5.74, 6) is 1.23. The van der Waals surface area contributed by atoms with Crippen molar-refractivity contribution < 1.29 is 9.21 Å². The highest BCUT2D eigenvalue weighted by molar-refractivity contribution is 5.95. The van der Waals surface area contributed by atoms with Crippen LogP contribution < -0.4 is 5.32 Å². The molecule has 0 unspecified atom stereocenters. The average molecular weight is 244 g/mol. The minimum atomic E-state index is -0.0958. The van der Waals surface area contributed by atoms with Crippen molar-refractivity contribution in [2.45, 2.75) is 27.3 Å². The Labute approximate surface area is 106 Å². The topological polar surface area (TPSA) is 55.1 Å². The second-order valence-electron chi connectivity index (χ2n) is 4.24. The number of nitrogens with zero attached hydrogens (tertiary/aromatic N) is 1. The molecular formula is C14H16N2O2. The molecule has 18 heavy (non-hydrogen) atoms. The van der Waals surface area contributed by atoms with Crippen LogP contribution in [-0.4, -0.2) is 10.9 Å². The Hall–Kier alpha value is -2.10. The lowest BCUT2D eigenvalue weighted by atomic mass is 10.1. The first-order valence-corrected chi connectivity index (χ1v) is 5.84. The van der Waals surface area contributed by atoms with Gasteiger partial charge in [0.15, 0.2) is 5.89 Å². The maximum Gasteiger partial charge on any atom is 0.251 e. The Morgan fingerprint density at radius 3 is 2.61 bits per heavy atom. The van der Waals surface area contributed by atoms with Gasteiger partial charge in [0.2, 0.25) is 0 Å². The van der Waals surface area contributed by atoms with Crippen molar-refractivity contribution >= 4 is 5.91 Å². The maximum atomic E-state index is 12.0. The molecule has 0 saturated carbocycles. The predicted molar refractivity (Wildman–Crippen MR) is 68.3 cm³/mol. The van der Waals surface area contributed by atoms with Crippen LogP contribution in [0.25, 0.3) is 0 Å². The highest BCUT2D eigenvalue weighted by Gasteiger charge is 2.11. The summed E-state index contributed by atoms with van der Waals surface area (Å²) in [6, 6.07) is 7.49. The third-order valence-electron chi connectivity index (χ3n) is 2.80. The predicted octanol–water partition coefficient (Wildman–Crippen LogP) is 2.53. The largest absolute Gasteiger partial charge is 0.444 e. The average Bonchev–Trinajstić information content (AvgIpc) is 2.65. The lowest BCUT2D eigenvalue weighted by molar-refractivity contribution is 0.0947. The number of oxazole rings is 1. The fourth-order valence-electron chi connectivity index (χ4n) is 1.82. The molecule has 0 atom stereocenters. The number of benzene rings is 1. The van der Waals surface area contributed by atoms with Crippen LogP contribution >= 0.6 is 0 Å². The van der Waals surface area contributed by atoms with Gasteiger partial charge >= 0.3 is 0 Å². The number of aromatic nitrogens is 1. The number of nitrogens with one attached hydrogen (secondary N) is 1. The van der Waals surface area contributed by atoms with E-state index < -0.39 is 0 Å². The van der Waals surface area contributed by atoms with Crippen molar-refractivity contribution in [2.24, 2.45) is 0 Å². The maximum absolute atomic E-state index is 12.0. The van der Waals surface area contributed by atoms with Gasteiger partial charge in [-0.25, -0.2) is 4.98 Å². The molecule has 0 aliphatic carbocycles. The van der Waals surface area contributed by atoms with E-state index in [4.69, 9.17) is 4.42 Å². The number of rotatable bonds is 3. The second-order valence-corrected chi connectivity index (χ2v) is 4.24. The van der Waals surface area contributed by atoms with E-state index >= 15 is 0 Å². The van der Waals surface area contributed by atoms with E-state index in [1.807, 2.05) is 38.1 Å². The molecule has 0 aliphatic rings. The standard InChI is InChI=1S/C14H16N2O2/c1-9-6-4-5-7-12(9)14(17)15-8-13-10(2)16-11(3)18-13/h4-7H,8H2,1-3H3,(H,15,17). The van der Waals surface area contributed by atoms with Crippen molar-refractivity contribution in [3.8, 4) is 0 Å². The first kappa shape index (κ1) is 12.4. The van der Waals surface area contributed by atoms with Crippen LogP contribution in [0.4, 0.5) is 0 Å². The fourth-order valence-corrected chi connectivity index (χ4v) is 1.82. The zero-order valence-electron chi connectivity index (χ0n) is 10.8. The van der Waals surface area contributed by atoms with Gasteiger partial charge in [-0.1, -0.05) is 18.2 Å². The molecule has 4 heteroatoms. The SMILES string of the molecule is Cc1nc(C)c(CNC(=O)c2ccccc2C)o1. The zero-order chi connectivity index (χ0) is 13.1. The molecular weight excluding hydrogens is 228 g/mol. The molecule has 1 aromatic heterocycles. The molecule has 2 rings (SSSR count). The summed E-state index contributed by atoms with van der Waals surface area (Å²) in [5.41, 5.74) is 2.46. The van der Waals surface area contributed by atoms with Gasteiger partial charge < -0.3 is 9.73 Å². The van der Waals surface area contributed by atoms with Crippen molar-refractivity contribution in [1.29, 1.82) is 0 Å². The minimum absolute atomic E-state index is 0.0958. The number of carbonyl (C=O) groups is 1. The number of hydrogen-bond donors (Lipinski definition) is 1. The number of hydrogen-bond acceptors (Lipinski definition) is 3. The summed E-state index contributed by atoms with van der Waals surface area (Å²) >= 11 is 0. The van der Waals surface area contributed by atoms with Crippen LogP contribution in [-0.2, 0) is 6.54 Å². The van der Waals surface area contributed by atoms with Gasteiger partial charge in [-0.2, -0.15) is 0 Å². The molecule has 4 nitrogen and oxygen atoms in total. The third kappa shape index (κ3) is 2.59. The van der Waals surface area contributed by atoms with E-state index in [0.29, 0.717) is 23.8 Å². The summed E-state index contributed by atoms with van der Waals surface area (Å²) in [6.07, 6.45) is 0. The molecule has 0 bridgehead atoms. The van der Waals surface area contributed by atoms with Crippen molar-refractivity contribution in [3.63, 3.8) is 0 Å². The Morgan fingerprint density at radius 2 is 2.00 bits per heavy atom. The van der Waals surface area contributed by atoms with Gasteiger partial charge in [-0.05, 0) is 25.5 Å². The van der Waals surface area contributed by atoms with Gasteiger partial charge in [-0.15, -0.1) is 0 Å². The van der Waals surface area contributed by atoms with E-state index in [1.54, 1.807) is 6.92 Å². The number of carbonyl (C=O) groups excluding carboxylic acids is 1. The third-order valence-corrected chi connectivity index (χ3v) is 2.80. The molecule has 0 radical (unpaired) electrons. The first-order valence-electron chi connectivity index (χ1n) is 5.84.